The van der Waals surface area contributed by atoms with Crippen LogP contribution in [0.25, 0.3) is 10.9 Å². The topological polar surface area (TPSA) is 509 Å². The van der Waals surface area contributed by atoms with Crippen LogP contribution in [0, 0.1) is 5.92 Å². The average molecular weight is 1810 g/mol. The number of carbonyl (C=O) groups excluding carboxylic acids is 15. The van der Waals surface area contributed by atoms with Gasteiger partial charge in [-0.2, -0.15) is 0 Å². The minimum Gasteiger partial charge on any atom is -0.508 e. The van der Waals surface area contributed by atoms with E-state index in [2.05, 4.69) is 52.8 Å². The number of thioether (sulfide) groups is 1. The van der Waals surface area contributed by atoms with Crippen molar-refractivity contribution in [2.75, 3.05) is 73.5 Å². The van der Waals surface area contributed by atoms with Gasteiger partial charge in [0.05, 0.1) is 37.9 Å². The standard InChI is InChI=1S/C93H118N16O20S/c1-11-12-32-74-91(126)106(6)52-79(114)98-70(48-81(116)117)87(122)104-82(56(4)129-10)93(128)108(8)75(45-58-26-18-14-19-27-58)88(123)102-71(44-61-35-39-64(111)40-36-61)89(124)105(5)51-78(113)97-69(47-62-49-95-66-31-23-22-30-65(62)66)86(121)101-68(42-60-33-37-63(110)38-34-60)85(120)100-67(41-55(2)3)84(119)103-73(83(118)96-50-77(94)112)53-130-54-80(115)99-72(43-57-24-16-13-17-25-57)90(125)109(9)76(92(127)107(74)7)46-59-28-20-15-21-29-59/h13-31,33-40,49,55-56,67-76,82,95,110-111H,11-12,32,41-48,50-54H2,1-10H3,(H2,94,112)(H,96,118)(H,97,113)(H,98,114)(H,99,115)(H,100,120)(H,101,121)(H,102,123)(H,103,119)(H,104,122)(H,116,117)/t56-,67+,68+,69+,70+,71+,72+,73+,74+,75+,76+,82+/m1/s1. The summed E-state index contributed by atoms with van der Waals surface area (Å²) >= 11 is 0.826. The van der Waals surface area contributed by atoms with Crippen LogP contribution in [0.15, 0.2) is 170 Å². The number of carboxylic acids is 1. The molecule has 1 aliphatic heterocycles. The van der Waals surface area contributed by atoms with Gasteiger partial charge in [0, 0.05) is 104 Å². The van der Waals surface area contributed by atoms with E-state index in [0.717, 1.165) is 36.3 Å². The van der Waals surface area contributed by atoms with Crippen molar-refractivity contribution in [3.05, 3.63) is 203 Å². The minimum atomic E-state index is -1.96. The Bertz CT molecular complexity index is 5090. The molecule has 1 saturated heterocycles. The molecular formula is C93H118N16O20S. The third-order valence-electron chi connectivity index (χ3n) is 22.2. The number of nitrogens with one attached hydrogen (secondary N) is 10. The molecule has 0 saturated carbocycles. The molecule has 0 aliphatic carbocycles. The Morgan fingerprint density at radius 2 is 0.923 bits per heavy atom. The van der Waals surface area contributed by atoms with Crippen molar-refractivity contribution in [2.45, 2.75) is 171 Å². The Balaban J connectivity index is 1.22. The molecule has 0 unspecified atom stereocenters. The number of hydrogen-bond donors (Lipinski definition) is 14. The number of amides is 15. The number of unbranched alkanes of at least 4 members (excludes halogenated alkanes) is 1. The van der Waals surface area contributed by atoms with Crippen LogP contribution in [0.5, 0.6) is 11.5 Å². The number of H-pyrrole nitrogens is 1. The average Bonchev–Trinajstić information content (AvgIpc) is 1.02. The molecule has 37 heteroatoms. The van der Waals surface area contributed by atoms with Crippen molar-refractivity contribution in [2.24, 2.45) is 11.7 Å². The predicted octanol–water partition coefficient (Wildman–Crippen LogP) is 1.71. The number of methoxy groups -OCH3 is 1. The lowest BCUT2D eigenvalue weighted by atomic mass is 9.99. The Labute approximate surface area is 758 Å². The molecule has 6 aromatic carbocycles. The number of carbonyl (C=O) groups is 16. The van der Waals surface area contributed by atoms with Gasteiger partial charge in [0.2, 0.25) is 88.6 Å². The second-order valence-corrected chi connectivity index (χ2v) is 33.8. The zero-order valence-corrected chi connectivity index (χ0v) is 75.3. The summed E-state index contributed by atoms with van der Waals surface area (Å²) in [5, 5.41) is 55.5. The maximum absolute atomic E-state index is 15.5. The first-order chi connectivity index (χ1) is 61.9. The van der Waals surface area contributed by atoms with Crippen molar-refractivity contribution < 1.29 is 96.8 Å². The summed E-state index contributed by atoms with van der Waals surface area (Å²) < 4.78 is 5.64. The molecule has 1 fully saturated rings. The molecule has 0 spiro atoms. The predicted molar refractivity (Wildman–Crippen MR) is 484 cm³/mol. The molecule has 130 heavy (non-hydrogen) atoms. The number of phenols is 2. The highest BCUT2D eigenvalue weighted by Gasteiger charge is 2.43. The fraction of sp³-hybridized carbons (Fsp3) is 0.419. The number of primary amides is 1. The van der Waals surface area contributed by atoms with E-state index in [1.807, 2.05) is 6.92 Å². The molecule has 15 N–H and O–H groups in total. The summed E-state index contributed by atoms with van der Waals surface area (Å²) in [4.78, 5) is 244. The van der Waals surface area contributed by atoms with Crippen molar-refractivity contribution in [1.82, 2.24) is 77.3 Å². The van der Waals surface area contributed by atoms with Crippen molar-refractivity contribution in [1.29, 1.82) is 0 Å². The van der Waals surface area contributed by atoms with Gasteiger partial charge in [-0.1, -0.05) is 167 Å². The van der Waals surface area contributed by atoms with E-state index in [0.29, 0.717) is 57.1 Å². The fourth-order valence-electron chi connectivity index (χ4n) is 15.0. The second-order valence-electron chi connectivity index (χ2n) is 32.8. The maximum atomic E-state index is 15.5. The zero-order chi connectivity index (χ0) is 95.0. The number of aromatic nitrogens is 1. The van der Waals surface area contributed by atoms with Crippen molar-refractivity contribution in [3.63, 3.8) is 0 Å². The number of para-hydroxylation sites is 1. The van der Waals surface area contributed by atoms with Crippen LogP contribution in [0.3, 0.4) is 0 Å². The number of nitrogens with two attached hydrogens (primary N) is 1. The van der Waals surface area contributed by atoms with Crippen LogP contribution in [-0.2, 0) is 120 Å². The summed E-state index contributed by atoms with van der Waals surface area (Å²) in [6.45, 7) is 4.39. The molecule has 15 amide bonds. The molecule has 8 rings (SSSR count). The number of aliphatic carboxylic acids is 1. The van der Waals surface area contributed by atoms with Gasteiger partial charge < -0.3 is 103 Å². The number of hydrogen-bond acceptors (Lipinski definition) is 20. The van der Waals surface area contributed by atoms with Crippen LogP contribution in [-0.4, -0.2) is 285 Å². The largest absolute Gasteiger partial charge is 0.508 e. The van der Waals surface area contributed by atoms with Crippen LogP contribution in [0.2, 0.25) is 0 Å². The number of nitrogens with zero attached hydrogens (tertiary/aromatic N) is 5. The van der Waals surface area contributed by atoms with Gasteiger partial charge in [-0.3, -0.25) is 76.7 Å². The van der Waals surface area contributed by atoms with Crippen molar-refractivity contribution in [3.8, 4) is 11.5 Å². The summed E-state index contributed by atoms with van der Waals surface area (Å²) in [7, 11) is 7.67. The van der Waals surface area contributed by atoms with Crippen LogP contribution < -0.4 is 53.6 Å². The number of carboxylic acid groups (broad SMARTS) is 1. The molecule has 0 bridgehead atoms. The third-order valence-corrected chi connectivity index (χ3v) is 23.3. The van der Waals surface area contributed by atoms with E-state index in [9.17, 15) is 53.7 Å². The highest BCUT2D eigenvalue weighted by molar-refractivity contribution is 8.00. The SMILES string of the molecule is CCCC[C@H]1C(=O)N(C)CC(=O)N[C@@H](CC(=O)O)C(=O)N[C@@H]([C@@H](C)OC)C(=O)N(C)[C@@H](Cc2ccccc2)C(=O)N[C@@H](Cc2ccc(O)cc2)C(=O)N(C)CC(=O)N[C@@H](Cc2c[nH]c3ccccc23)C(=O)N[C@@H](Cc2ccc(O)cc2)C(=O)N[C@@H](CC(C)C)C(=O)N[C@H](C(=O)NCC(N)=O)CSCC(=O)N[C@@H](Cc2ccccc2)C(=O)N(C)[C@@H](Cc2ccccc2)C(=O)N1C. The van der Waals surface area contributed by atoms with E-state index in [1.165, 1.54) is 97.8 Å². The first-order valence-corrected chi connectivity index (χ1v) is 43.9. The summed E-state index contributed by atoms with van der Waals surface area (Å²) in [5.41, 5.74) is 9.05. The number of ether oxygens (including phenoxy) is 1. The van der Waals surface area contributed by atoms with Gasteiger partial charge in [-0.25, -0.2) is 0 Å². The highest BCUT2D eigenvalue weighted by atomic mass is 32.2. The molecule has 2 heterocycles. The summed E-state index contributed by atoms with van der Waals surface area (Å²) in [5.74, 6) is -17.0. The quantitative estimate of drug-likeness (QED) is 0.0409. The summed E-state index contributed by atoms with van der Waals surface area (Å²) in [6.07, 6.45) is -1.33. The third kappa shape index (κ3) is 30.5. The lowest BCUT2D eigenvalue weighted by Gasteiger charge is -2.37. The number of aromatic hydroxyl groups is 2. The number of aromatic amines is 1. The Hall–Kier alpha value is -13.7. The number of rotatable bonds is 24. The first-order valence-electron chi connectivity index (χ1n) is 42.7. The first kappa shape index (κ1) is 102. The molecule has 36 nitrogen and oxygen atoms in total. The second kappa shape index (κ2) is 49.6. The lowest BCUT2D eigenvalue weighted by molar-refractivity contribution is -0.151. The molecule has 12 atom stereocenters. The monoisotopic (exact) mass is 1810 g/mol. The van der Waals surface area contributed by atoms with Crippen LogP contribution in [0.1, 0.15) is 93.2 Å². The smallest absolute Gasteiger partial charge is 0.305 e. The number of phenolic OH excluding ortho intramolecular Hbond substituents is 2. The fourth-order valence-corrected chi connectivity index (χ4v) is 15.8. The Morgan fingerprint density at radius 3 is 1.46 bits per heavy atom. The zero-order valence-electron chi connectivity index (χ0n) is 74.5. The van der Waals surface area contributed by atoms with Crippen molar-refractivity contribution >= 4 is 117 Å². The molecular weight excluding hydrogens is 1690 g/mol. The molecule has 7 aromatic rings. The Kier molecular flexibility index (Phi) is 38.8. The molecule has 1 aromatic heterocycles. The van der Waals surface area contributed by atoms with Gasteiger partial charge in [-0.05, 0) is 89.4 Å². The van der Waals surface area contributed by atoms with Gasteiger partial charge >= 0.3 is 5.97 Å². The van der Waals surface area contributed by atoms with E-state index >= 15 is 38.4 Å². The summed E-state index contributed by atoms with van der Waals surface area (Å²) in [6, 6.07) is 26.7. The van der Waals surface area contributed by atoms with Gasteiger partial charge in [0.1, 0.15) is 78.0 Å². The van der Waals surface area contributed by atoms with E-state index in [4.69, 9.17) is 10.5 Å². The van der Waals surface area contributed by atoms with E-state index in [1.54, 1.807) is 135 Å². The lowest BCUT2D eigenvalue weighted by Crippen LogP contribution is -2.62. The van der Waals surface area contributed by atoms with Gasteiger partial charge in [-0.15, -0.1) is 11.8 Å². The van der Waals surface area contributed by atoms with Crippen LogP contribution in [0.4, 0.5) is 0 Å². The highest BCUT2D eigenvalue weighted by Crippen LogP contribution is 2.25. The van der Waals surface area contributed by atoms with Gasteiger partial charge in [0.15, 0.2) is 0 Å². The molecule has 696 valence electrons. The number of fused-ring (bicyclic) bond motifs is 1. The molecule has 0 radical (unpaired) electrons. The van der Waals surface area contributed by atoms with E-state index < -0.39 is 199 Å². The molecule has 1 aliphatic rings. The normalized spacial score (nSPS) is 22.0. The van der Waals surface area contributed by atoms with Crippen LogP contribution >= 0.6 is 11.8 Å². The number of benzene rings is 6. The number of likely N-dealkylation sites (N-methyl/N-ethyl adjacent to an activating group) is 5. The van der Waals surface area contributed by atoms with E-state index in [-0.39, 0.29) is 74.5 Å². The Morgan fingerprint density at radius 1 is 0.477 bits per heavy atom. The maximum Gasteiger partial charge on any atom is 0.305 e. The van der Waals surface area contributed by atoms with Gasteiger partial charge in [0.25, 0.3) is 0 Å². The minimum absolute atomic E-state index is 0.0185.